The Balaban J connectivity index is 1.43. The molecule has 146 valence electrons. The van der Waals surface area contributed by atoms with Crippen LogP contribution in [0.5, 0.6) is 0 Å². The van der Waals surface area contributed by atoms with Crippen LogP contribution in [-0.2, 0) is 9.63 Å². The Morgan fingerprint density at radius 2 is 2.00 bits per heavy atom. The van der Waals surface area contributed by atoms with Gasteiger partial charge in [-0.3, -0.25) is 9.59 Å². The summed E-state index contributed by atoms with van der Waals surface area (Å²) in [7, 11) is 0. The largest absolute Gasteiger partial charge is 0.466 e. The Kier molecular flexibility index (Phi) is 4.66. The molecule has 1 aromatic heterocycles. The van der Waals surface area contributed by atoms with Crippen LogP contribution in [0.25, 0.3) is 0 Å². The molecule has 3 heterocycles. The van der Waals surface area contributed by atoms with E-state index in [4.69, 9.17) is 9.25 Å². The number of hydrogen-bond acceptors (Lipinski definition) is 5. The van der Waals surface area contributed by atoms with Gasteiger partial charge in [-0.05, 0) is 44.9 Å². The normalized spacial score (nSPS) is 21.4. The molecule has 1 atom stereocenters. The molecule has 0 radical (unpaired) electrons. The number of hydrogen-bond donors (Lipinski definition) is 1. The fourth-order valence-corrected chi connectivity index (χ4v) is 3.87. The Bertz CT molecular complexity index is 934. The zero-order valence-electron chi connectivity index (χ0n) is 16.0. The van der Waals surface area contributed by atoms with Crippen molar-refractivity contribution in [3.8, 4) is 0 Å². The van der Waals surface area contributed by atoms with Crippen LogP contribution in [-0.4, -0.2) is 41.1 Å². The Hall–Kier alpha value is -3.09. The summed E-state index contributed by atoms with van der Waals surface area (Å²) in [4.78, 5) is 32.9. The first-order chi connectivity index (χ1) is 13.5. The van der Waals surface area contributed by atoms with E-state index in [1.54, 1.807) is 17.9 Å². The first-order valence-corrected chi connectivity index (χ1v) is 9.44. The first-order valence-electron chi connectivity index (χ1n) is 9.44. The number of nitrogens with one attached hydrogen (secondary N) is 1. The maximum Gasteiger partial charge on any atom is 0.273 e. The molecule has 0 saturated carbocycles. The summed E-state index contributed by atoms with van der Waals surface area (Å²) >= 11 is 0. The topological polar surface area (TPSA) is 84.1 Å². The zero-order valence-corrected chi connectivity index (χ0v) is 16.0. The SMILES string of the molecule is Cc1cc(C(=O)N2CCCC3(CC(C(=O)Nc4ccccc4)=NO3)C2)c(C)o1. The standard InChI is InChI=1S/C21H23N3O4/c1-14-11-17(15(2)27-14)20(26)24-10-6-9-21(13-24)12-18(23-28-21)19(25)22-16-7-4-3-5-8-16/h3-5,7-8,11H,6,9-10,12-13H2,1-2H3,(H,22,25). The minimum atomic E-state index is -0.635. The van der Waals surface area contributed by atoms with Crippen molar-refractivity contribution in [1.29, 1.82) is 0 Å². The highest BCUT2D eigenvalue weighted by Gasteiger charge is 2.46. The molecule has 7 heteroatoms. The molecule has 2 amide bonds. The van der Waals surface area contributed by atoms with Crippen LogP contribution in [0.3, 0.4) is 0 Å². The molecule has 1 N–H and O–H groups in total. The van der Waals surface area contributed by atoms with E-state index in [1.807, 2.05) is 37.3 Å². The molecule has 0 aliphatic carbocycles. The van der Waals surface area contributed by atoms with Gasteiger partial charge in [0.25, 0.3) is 11.8 Å². The predicted octanol–water partition coefficient (Wildman–Crippen LogP) is 3.29. The monoisotopic (exact) mass is 381 g/mol. The lowest BCUT2D eigenvalue weighted by atomic mass is 9.87. The molecule has 7 nitrogen and oxygen atoms in total. The number of furan rings is 1. The minimum absolute atomic E-state index is 0.0702. The average Bonchev–Trinajstić information content (AvgIpc) is 3.25. The number of oxime groups is 1. The van der Waals surface area contributed by atoms with Crippen LogP contribution in [0.2, 0.25) is 0 Å². The third-order valence-electron chi connectivity index (χ3n) is 5.23. The van der Waals surface area contributed by atoms with Crippen LogP contribution in [0, 0.1) is 13.8 Å². The number of carbonyl (C=O) groups is 2. The third-order valence-corrected chi connectivity index (χ3v) is 5.23. The summed E-state index contributed by atoms with van der Waals surface area (Å²) in [6.07, 6.45) is 1.94. The number of nitrogens with zero attached hydrogens (tertiary/aromatic N) is 2. The van der Waals surface area contributed by atoms with Crippen molar-refractivity contribution in [3.63, 3.8) is 0 Å². The lowest BCUT2D eigenvalue weighted by Crippen LogP contribution is -2.50. The lowest BCUT2D eigenvalue weighted by molar-refractivity contribution is -0.110. The smallest absolute Gasteiger partial charge is 0.273 e. The van der Waals surface area contributed by atoms with Crippen molar-refractivity contribution in [3.05, 3.63) is 53.5 Å². The van der Waals surface area contributed by atoms with Gasteiger partial charge in [-0.1, -0.05) is 23.4 Å². The van der Waals surface area contributed by atoms with Gasteiger partial charge in [0.1, 0.15) is 17.2 Å². The maximum atomic E-state index is 12.9. The summed E-state index contributed by atoms with van der Waals surface area (Å²) in [5.41, 5.74) is 1.01. The van der Waals surface area contributed by atoms with Crippen LogP contribution >= 0.6 is 0 Å². The fourth-order valence-electron chi connectivity index (χ4n) is 3.87. The number of benzene rings is 1. The molecule has 1 saturated heterocycles. The van der Waals surface area contributed by atoms with Crippen molar-refractivity contribution in [1.82, 2.24) is 4.90 Å². The van der Waals surface area contributed by atoms with E-state index in [9.17, 15) is 9.59 Å². The van der Waals surface area contributed by atoms with E-state index in [0.717, 1.165) is 12.8 Å². The van der Waals surface area contributed by atoms with E-state index in [1.165, 1.54) is 0 Å². The number of amides is 2. The second-order valence-electron chi connectivity index (χ2n) is 7.47. The highest BCUT2D eigenvalue weighted by atomic mass is 16.7. The molecule has 0 bridgehead atoms. The van der Waals surface area contributed by atoms with Crippen molar-refractivity contribution >= 4 is 23.2 Å². The number of piperidine rings is 1. The summed E-state index contributed by atoms with van der Waals surface area (Å²) in [5, 5.41) is 6.88. The van der Waals surface area contributed by atoms with Crippen LogP contribution < -0.4 is 5.32 Å². The van der Waals surface area contributed by atoms with E-state index in [-0.39, 0.29) is 11.8 Å². The molecule has 4 rings (SSSR count). The number of rotatable bonds is 3. The second-order valence-corrected chi connectivity index (χ2v) is 7.47. The van der Waals surface area contributed by atoms with Gasteiger partial charge in [-0.25, -0.2) is 0 Å². The molecule has 1 aromatic carbocycles. The van der Waals surface area contributed by atoms with Crippen molar-refractivity contribution in [2.45, 2.75) is 38.7 Å². The molecule has 1 fully saturated rings. The van der Waals surface area contributed by atoms with E-state index < -0.39 is 5.60 Å². The van der Waals surface area contributed by atoms with Crippen LogP contribution in [0.4, 0.5) is 5.69 Å². The average molecular weight is 381 g/mol. The Labute approximate surface area is 163 Å². The number of likely N-dealkylation sites (tertiary alicyclic amines) is 1. The lowest BCUT2D eigenvalue weighted by Gasteiger charge is -2.38. The number of para-hydroxylation sites is 1. The van der Waals surface area contributed by atoms with Crippen molar-refractivity contribution in [2.24, 2.45) is 5.16 Å². The molecular formula is C21H23N3O4. The molecule has 1 unspecified atom stereocenters. The zero-order chi connectivity index (χ0) is 19.7. The summed E-state index contributed by atoms with van der Waals surface area (Å²) in [5.74, 6) is 0.994. The quantitative estimate of drug-likeness (QED) is 0.884. The van der Waals surface area contributed by atoms with Gasteiger partial charge in [0, 0.05) is 18.7 Å². The first kappa shape index (κ1) is 18.3. The van der Waals surface area contributed by atoms with Gasteiger partial charge in [-0.15, -0.1) is 0 Å². The molecule has 2 aromatic rings. The fraction of sp³-hybridized carbons (Fsp3) is 0.381. The molecule has 2 aliphatic rings. The van der Waals surface area contributed by atoms with Gasteiger partial charge in [0.2, 0.25) is 0 Å². The minimum Gasteiger partial charge on any atom is -0.466 e. The van der Waals surface area contributed by atoms with Gasteiger partial charge < -0.3 is 19.5 Å². The molecule has 28 heavy (non-hydrogen) atoms. The highest BCUT2D eigenvalue weighted by molar-refractivity contribution is 6.43. The van der Waals surface area contributed by atoms with Crippen molar-refractivity contribution < 1.29 is 18.8 Å². The van der Waals surface area contributed by atoms with E-state index in [2.05, 4.69) is 10.5 Å². The highest BCUT2D eigenvalue weighted by Crippen LogP contribution is 2.34. The van der Waals surface area contributed by atoms with Gasteiger partial charge in [0.15, 0.2) is 5.60 Å². The van der Waals surface area contributed by atoms with E-state index >= 15 is 0 Å². The number of carbonyl (C=O) groups excluding carboxylic acids is 2. The Morgan fingerprint density at radius 1 is 1.21 bits per heavy atom. The predicted molar refractivity (Wildman–Crippen MR) is 104 cm³/mol. The van der Waals surface area contributed by atoms with E-state index in [0.29, 0.717) is 48.0 Å². The molecule has 1 spiro atoms. The van der Waals surface area contributed by atoms with Gasteiger partial charge in [-0.2, -0.15) is 0 Å². The summed E-state index contributed by atoms with van der Waals surface area (Å²) in [6, 6.07) is 11.0. The summed E-state index contributed by atoms with van der Waals surface area (Å²) in [6.45, 7) is 4.68. The second kappa shape index (κ2) is 7.14. The molecule has 2 aliphatic heterocycles. The maximum absolute atomic E-state index is 12.9. The van der Waals surface area contributed by atoms with Gasteiger partial charge >= 0.3 is 0 Å². The third kappa shape index (κ3) is 3.52. The number of anilines is 1. The summed E-state index contributed by atoms with van der Waals surface area (Å²) < 4.78 is 5.49. The Morgan fingerprint density at radius 3 is 2.71 bits per heavy atom. The van der Waals surface area contributed by atoms with Gasteiger partial charge in [0.05, 0.1) is 12.1 Å². The molecular weight excluding hydrogens is 358 g/mol. The van der Waals surface area contributed by atoms with Crippen LogP contribution in [0.1, 0.15) is 41.1 Å². The van der Waals surface area contributed by atoms with Crippen molar-refractivity contribution in [2.75, 3.05) is 18.4 Å². The van der Waals surface area contributed by atoms with Crippen LogP contribution in [0.15, 0.2) is 46.0 Å². The number of aryl methyl sites for hydroxylation is 2.